The third-order valence-corrected chi connectivity index (χ3v) is 4.78. The van der Waals surface area contributed by atoms with E-state index in [-0.39, 0.29) is 5.82 Å². The van der Waals surface area contributed by atoms with Gasteiger partial charge in [-0.15, -0.1) is 0 Å². The second-order valence-corrected chi connectivity index (χ2v) is 6.25. The number of benzene rings is 1. The molecule has 4 rings (SSSR count). The lowest BCUT2D eigenvalue weighted by Gasteiger charge is -2.33. The maximum absolute atomic E-state index is 14.9. The molecular weight excluding hydrogens is 315 g/mol. The number of H-pyrrole nitrogens is 1. The molecule has 3 aromatic rings. The van der Waals surface area contributed by atoms with Gasteiger partial charge in [0.15, 0.2) is 5.82 Å². The molecule has 4 nitrogen and oxygen atoms in total. The van der Waals surface area contributed by atoms with Crippen LogP contribution in [0.2, 0.25) is 5.02 Å². The molecule has 0 radical (unpaired) electrons. The van der Waals surface area contributed by atoms with E-state index in [1.54, 1.807) is 24.5 Å². The van der Waals surface area contributed by atoms with Crippen molar-refractivity contribution in [3.63, 3.8) is 0 Å². The average Bonchev–Trinajstić information content (AvgIpc) is 3.11. The van der Waals surface area contributed by atoms with Crippen LogP contribution in [0.5, 0.6) is 0 Å². The van der Waals surface area contributed by atoms with Gasteiger partial charge in [-0.2, -0.15) is 0 Å². The summed E-state index contributed by atoms with van der Waals surface area (Å²) in [5.74, 6) is 0.961. The van der Waals surface area contributed by atoms with Crippen molar-refractivity contribution in [1.82, 2.24) is 15.0 Å². The number of aromatic nitrogens is 3. The highest BCUT2D eigenvalue weighted by Gasteiger charge is 2.25. The van der Waals surface area contributed by atoms with Crippen molar-refractivity contribution in [2.24, 2.45) is 0 Å². The molecule has 1 atom stereocenters. The van der Waals surface area contributed by atoms with Crippen molar-refractivity contribution in [2.75, 3.05) is 18.0 Å². The van der Waals surface area contributed by atoms with Gasteiger partial charge in [0.05, 0.1) is 10.7 Å². The van der Waals surface area contributed by atoms with E-state index in [2.05, 4.69) is 19.9 Å². The van der Waals surface area contributed by atoms with Crippen LogP contribution in [0.4, 0.5) is 10.1 Å². The highest BCUT2D eigenvalue weighted by molar-refractivity contribution is 6.35. The SMILES string of the molecule is Fc1c(N2CCCC(c3ncc[nH]3)C2)ccc2c(Cl)ccnc12. The molecule has 1 aromatic carbocycles. The Morgan fingerprint density at radius 2 is 2.13 bits per heavy atom. The summed E-state index contributed by atoms with van der Waals surface area (Å²) in [7, 11) is 0. The van der Waals surface area contributed by atoms with Gasteiger partial charge in [-0.3, -0.25) is 4.98 Å². The van der Waals surface area contributed by atoms with E-state index in [9.17, 15) is 4.39 Å². The van der Waals surface area contributed by atoms with Gasteiger partial charge >= 0.3 is 0 Å². The molecule has 1 aliphatic rings. The van der Waals surface area contributed by atoms with Crippen LogP contribution in [-0.4, -0.2) is 28.0 Å². The zero-order chi connectivity index (χ0) is 15.8. The number of aromatic amines is 1. The van der Waals surface area contributed by atoms with Crippen LogP contribution < -0.4 is 4.90 Å². The molecule has 2 aromatic heterocycles. The molecule has 1 saturated heterocycles. The lowest BCUT2D eigenvalue weighted by molar-refractivity contribution is 0.488. The molecule has 118 valence electrons. The highest BCUT2D eigenvalue weighted by atomic mass is 35.5. The summed E-state index contributed by atoms with van der Waals surface area (Å²) in [6.45, 7) is 1.58. The molecule has 0 amide bonds. The molecule has 0 spiro atoms. The van der Waals surface area contributed by atoms with Crippen LogP contribution in [0.15, 0.2) is 36.8 Å². The van der Waals surface area contributed by atoms with Crippen molar-refractivity contribution in [3.05, 3.63) is 53.5 Å². The molecule has 1 fully saturated rings. The van der Waals surface area contributed by atoms with Crippen molar-refractivity contribution < 1.29 is 4.39 Å². The average molecular weight is 331 g/mol. The minimum Gasteiger partial charge on any atom is -0.368 e. The Morgan fingerprint density at radius 3 is 2.96 bits per heavy atom. The number of hydrogen-bond donors (Lipinski definition) is 1. The van der Waals surface area contributed by atoms with Crippen LogP contribution in [0, 0.1) is 5.82 Å². The maximum atomic E-state index is 14.9. The summed E-state index contributed by atoms with van der Waals surface area (Å²) in [5, 5.41) is 1.17. The van der Waals surface area contributed by atoms with Crippen LogP contribution in [0.3, 0.4) is 0 Å². The number of hydrogen-bond acceptors (Lipinski definition) is 3. The Balaban J connectivity index is 1.70. The Labute approximate surface area is 138 Å². The zero-order valence-electron chi connectivity index (χ0n) is 12.5. The summed E-state index contributed by atoms with van der Waals surface area (Å²) >= 11 is 6.13. The van der Waals surface area contributed by atoms with Gasteiger partial charge in [0, 0.05) is 43.0 Å². The van der Waals surface area contributed by atoms with Crippen molar-refractivity contribution in [2.45, 2.75) is 18.8 Å². The number of pyridine rings is 1. The molecule has 23 heavy (non-hydrogen) atoms. The molecule has 0 bridgehead atoms. The number of rotatable bonds is 2. The minimum atomic E-state index is -0.301. The van der Waals surface area contributed by atoms with E-state index in [1.807, 2.05) is 12.3 Å². The van der Waals surface area contributed by atoms with E-state index in [1.165, 1.54) is 0 Å². The van der Waals surface area contributed by atoms with Gasteiger partial charge in [0.1, 0.15) is 11.3 Å². The first kappa shape index (κ1) is 14.5. The molecule has 1 N–H and O–H groups in total. The van der Waals surface area contributed by atoms with Gasteiger partial charge in [0.25, 0.3) is 0 Å². The van der Waals surface area contributed by atoms with Crippen molar-refractivity contribution in [3.8, 4) is 0 Å². The Kier molecular flexibility index (Phi) is 3.65. The summed E-state index contributed by atoms with van der Waals surface area (Å²) in [6.07, 6.45) is 7.20. The Hall–Kier alpha value is -2.14. The Bertz CT molecular complexity index is 834. The summed E-state index contributed by atoms with van der Waals surface area (Å²) < 4.78 is 14.9. The van der Waals surface area contributed by atoms with Crippen LogP contribution in [-0.2, 0) is 0 Å². The summed E-state index contributed by atoms with van der Waals surface area (Å²) in [6, 6.07) is 5.33. The standard InChI is InChI=1S/C17H16ClFN4/c18-13-5-6-20-16-12(13)3-4-14(15(16)19)23-9-1-2-11(10-23)17-21-7-8-22-17/h3-8,11H,1-2,9-10H2,(H,21,22). The number of anilines is 1. The number of nitrogens with one attached hydrogen (secondary N) is 1. The highest BCUT2D eigenvalue weighted by Crippen LogP contribution is 2.33. The van der Waals surface area contributed by atoms with Gasteiger partial charge < -0.3 is 9.88 Å². The van der Waals surface area contributed by atoms with E-state index < -0.39 is 0 Å². The van der Waals surface area contributed by atoms with E-state index >= 15 is 0 Å². The van der Waals surface area contributed by atoms with Gasteiger partial charge in [0.2, 0.25) is 0 Å². The van der Waals surface area contributed by atoms with Crippen molar-refractivity contribution >= 4 is 28.2 Å². The lowest BCUT2D eigenvalue weighted by atomic mass is 9.96. The quantitative estimate of drug-likeness (QED) is 0.768. The molecular formula is C17H16ClFN4. The number of nitrogens with zero attached hydrogens (tertiary/aromatic N) is 3. The molecule has 0 aliphatic carbocycles. The van der Waals surface area contributed by atoms with Crippen LogP contribution >= 0.6 is 11.6 Å². The van der Waals surface area contributed by atoms with Gasteiger partial charge in [-0.05, 0) is 31.0 Å². The van der Waals surface area contributed by atoms with Crippen LogP contribution in [0.1, 0.15) is 24.6 Å². The maximum Gasteiger partial charge on any atom is 0.172 e. The van der Waals surface area contributed by atoms with E-state index in [0.29, 0.717) is 27.5 Å². The molecule has 0 saturated carbocycles. The van der Waals surface area contributed by atoms with E-state index in [0.717, 1.165) is 31.8 Å². The second kappa shape index (κ2) is 5.81. The fourth-order valence-corrected chi connectivity index (χ4v) is 3.51. The minimum absolute atomic E-state index is 0.293. The van der Waals surface area contributed by atoms with Crippen LogP contribution in [0.25, 0.3) is 10.9 Å². The number of halogens is 2. The summed E-state index contributed by atoms with van der Waals surface area (Å²) in [4.78, 5) is 13.8. The molecule has 6 heteroatoms. The smallest absolute Gasteiger partial charge is 0.172 e. The predicted octanol–water partition coefficient (Wildman–Crippen LogP) is 4.13. The fraction of sp³-hybridized carbons (Fsp3) is 0.294. The third kappa shape index (κ3) is 2.55. The Morgan fingerprint density at radius 1 is 1.22 bits per heavy atom. The molecule has 1 aliphatic heterocycles. The first-order valence-electron chi connectivity index (χ1n) is 7.71. The van der Waals surface area contributed by atoms with Gasteiger partial charge in [-0.25, -0.2) is 9.37 Å². The topological polar surface area (TPSA) is 44.8 Å². The number of piperidine rings is 1. The number of imidazole rings is 1. The zero-order valence-corrected chi connectivity index (χ0v) is 13.2. The third-order valence-electron chi connectivity index (χ3n) is 4.45. The summed E-state index contributed by atoms with van der Waals surface area (Å²) in [5.41, 5.74) is 0.915. The normalized spacial score (nSPS) is 18.5. The largest absolute Gasteiger partial charge is 0.368 e. The number of fused-ring (bicyclic) bond motifs is 1. The second-order valence-electron chi connectivity index (χ2n) is 5.85. The predicted molar refractivity (Wildman–Crippen MR) is 89.5 cm³/mol. The fourth-order valence-electron chi connectivity index (χ4n) is 3.30. The molecule has 3 heterocycles. The van der Waals surface area contributed by atoms with Crippen molar-refractivity contribution in [1.29, 1.82) is 0 Å². The lowest BCUT2D eigenvalue weighted by Crippen LogP contribution is -2.35. The monoisotopic (exact) mass is 330 g/mol. The van der Waals surface area contributed by atoms with Gasteiger partial charge in [-0.1, -0.05) is 11.6 Å². The van der Waals surface area contributed by atoms with E-state index in [4.69, 9.17) is 11.6 Å². The first-order valence-corrected chi connectivity index (χ1v) is 8.09. The molecule has 1 unspecified atom stereocenters. The first-order chi connectivity index (χ1) is 11.2.